The Morgan fingerprint density at radius 3 is 2.09 bits per heavy atom. The van der Waals surface area contributed by atoms with Gasteiger partial charge in [0.1, 0.15) is 18.4 Å². The van der Waals surface area contributed by atoms with Crippen LogP contribution in [0.3, 0.4) is 0 Å². The number of rotatable bonds is 10. The lowest BCUT2D eigenvalue weighted by Gasteiger charge is -2.18. The summed E-state index contributed by atoms with van der Waals surface area (Å²) in [5.41, 5.74) is 2.08. The highest BCUT2D eigenvalue weighted by Gasteiger charge is 2.24. The Balaban J connectivity index is 1.58. The van der Waals surface area contributed by atoms with Gasteiger partial charge in [0.15, 0.2) is 6.61 Å². The highest BCUT2D eigenvalue weighted by molar-refractivity contribution is 5.94. The lowest BCUT2D eigenvalue weighted by molar-refractivity contribution is -0.149. The quantitative estimate of drug-likeness (QED) is 0.445. The van der Waals surface area contributed by atoms with Crippen LogP contribution in [0, 0.1) is 0 Å². The molecule has 0 aliphatic carbocycles. The minimum absolute atomic E-state index is 0.0566. The first-order valence-electron chi connectivity index (χ1n) is 10.7. The van der Waals surface area contributed by atoms with Crippen LogP contribution in [0.15, 0.2) is 84.9 Å². The Morgan fingerprint density at radius 1 is 0.794 bits per heavy atom. The van der Waals surface area contributed by atoms with Crippen LogP contribution in [0.2, 0.25) is 0 Å². The van der Waals surface area contributed by atoms with Gasteiger partial charge in [-0.1, -0.05) is 72.8 Å². The van der Waals surface area contributed by atoms with E-state index in [0.29, 0.717) is 11.4 Å². The van der Waals surface area contributed by atoms with Crippen LogP contribution in [0.5, 0.6) is 5.75 Å². The molecular weight excluding hydrogens is 436 g/mol. The molecule has 176 valence electrons. The van der Waals surface area contributed by atoms with Crippen molar-refractivity contribution in [2.24, 2.45) is 0 Å². The molecule has 0 heterocycles. The fourth-order valence-corrected chi connectivity index (χ4v) is 3.12. The summed E-state index contributed by atoms with van der Waals surface area (Å²) in [4.78, 5) is 37.4. The van der Waals surface area contributed by atoms with Crippen molar-refractivity contribution in [3.63, 3.8) is 0 Å². The van der Waals surface area contributed by atoms with E-state index in [0.717, 1.165) is 11.1 Å². The molecule has 0 bridgehead atoms. The van der Waals surface area contributed by atoms with Crippen LogP contribution in [-0.4, -0.2) is 37.7 Å². The van der Waals surface area contributed by atoms with Crippen molar-refractivity contribution in [2.75, 3.05) is 19.0 Å². The second-order valence-electron chi connectivity index (χ2n) is 7.30. The molecule has 2 amide bonds. The van der Waals surface area contributed by atoms with Crippen molar-refractivity contribution in [1.82, 2.24) is 5.32 Å². The van der Waals surface area contributed by atoms with Crippen molar-refractivity contribution in [3.05, 3.63) is 96.1 Å². The molecule has 3 rings (SSSR count). The van der Waals surface area contributed by atoms with Gasteiger partial charge in [-0.05, 0) is 23.3 Å². The minimum Gasteiger partial charge on any atom is -0.495 e. The Hall–Kier alpha value is -4.33. The molecule has 2 N–H and O–H groups in total. The number of nitrogens with one attached hydrogen (secondary N) is 2. The lowest BCUT2D eigenvalue weighted by Crippen LogP contribution is -2.44. The largest absolute Gasteiger partial charge is 0.495 e. The first-order valence-corrected chi connectivity index (χ1v) is 10.7. The smallest absolute Gasteiger partial charge is 0.408 e. The first-order chi connectivity index (χ1) is 16.5. The average Bonchev–Trinajstić information content (AvgIpc) is 2.87. The van der Waals surface area contributed by atoms with Gasteiger partial charge in [0, 0.05) is 6.42 Å². The van der Waals surface area contributed by atoms with E-state index in [1.807, 2.05) is 60.7 Å². The fourth-order valence-electron chi connectivity index (χ4n) is 3.12. The minimum atomic E-state index is -1.04. The number of hydrogen-bond acceptors (Lipinski definition) is 6. The molecule has 0 aromatic heterocycles. The number of amides is 2. The van der Waals surface area contributed by atoms with E-state index in [1.54, 1.807) is 24.3 Å². The molecule has 8 nitrogen and oxygen atoms in total. The predicted octanol–water partition coefficient (Wildman–Crippen LogP) is 3.71. The third kappa shape index (κ3) is 7.67. The molecule has 0 saturated heterocycles. The summed E-state index contributed by atoms with van der Waals surface area (Å²) < 4.78 is 15.6. The summed E-state index contributed by atoms with van der Waals surface area (Å²) in [5.74, 6) is -0.814. The molecule has 0 fully saturated rings. The van der Waals surface area contributed by atoms with Gasteiger partial charge in [-0.2, -0.15) is 0 Å². The maximum Gasteiger partial charge on any atom is 0.408 e. The van der Waals surface area contributed by atoms with E-state index in [4.69, 9.17) is 14.2 Å². The molecule has 3 aromatic carbocycles. The lowest BCUT2D eigenvalue weighted by atomic mass is 10.1. The SMILES string of the molecule is COc1ccccc1NC(=O)COC(=O)[C@H](Cc1ccccc1)NC(=O)OCc1ccccc1. The van der Waals surface area contributed by atoms with Gasteiger partial charge >= 0.3 is 12.1 Å². The van der Waals surface area contributed by atoms with Gasteiger partial charge in [-0.3, -0.25) is 4.79 Å². The number of methoxy groups -OCH3 is 1. The van der Waals surface area contributed by atoms with Crippen molar-refractivity contribution in [1.29, 1.82) is 0 Å². The van der Waals surface area contributed by atoms with E-state index in [-0.39, 0.29) is 13.0 Å². The van der Waals surface area contributed by atoms with Gasteiger partial charge in [-0.15, -0.1) is 0 Å². The molecule has 0 unspecified atom stereocenters. The Labute approximate surface area is 197 Å². The molecule has 0 radical (unpaired) electrons. The fraction of sp³-hybridized carbons (Fsp3) is 0.192. The van der Waals surface area contributed by atoms with E-state index >= 15 is 0 Å². The third-order valence-electron chi connectivity index (χ3n) is 4.80. The zero-order valence-electron chi connectivity index (χ0n) is 18.7. The summed E-state index contributed by atoms with van der Waals surface area (Å²) in [7, 11) is 1.49. The number of esters is 1. The van der Waals surface area contributed by atoms with Gasteiger partial charge in [0.2, 0.25) is 0 Å². The molecule has 34 heavy (non-hydrogen) atoms. The van der Waals surface area contributed by atoms with Crippen molar-refractivity contribution in [2.45, 2.75) is 19.1 Å². The van der Waals surface area contributed by atoms with Gasteiger partial charge in [0.25, 0.3) is 5.91 Å². The zero-order valence-corrected chi connectivity index (χ0v) is 18.7. The molecular formula is C26H26N2O6. The molecule has 0 aliphatic rings. The van der Waals surface area contributed by atoms with Crippen molar-refractivity contribution in [3.8, 4) is 5.75 Å². The maximum atomic E-state index is 12.7. The number of hydrogen-bond donors (Lipinski definition) is 2. The van der Waals surface area contributed by atoms with E-state index < -0.39 is 30.6 Å². The summed E-state index contributed by atoms with van der Waals surface area (Å²) >= 11 is 0. The summed E-state index contributed by atoms with van der Waals surface area (Å²) in [5, 5.41) is 5.17. The maximum absolute atomic E-state index is 12.7. The summed E-state index contributed by atoms with van der Waals surface area (Å²) in [6.45, 7) is -0.468. The molecule has 0 spiro atoms. The molecule has 8 heteroatoms. The second-order valence-corrected chi connectivity index (χ2v) is 7.30. The van der Waals surface area contributed by atoms with E-state index in [1.165, 1.54) is 7.11 Å². The van der Waals surface area contributed by atoms with Gasteiger partial charge < -0.3 is 24.8 Å². The number of alkyl carbamates (subject to hydrolysis) is 1. The number of para-hydroxylation sites is 2. The van der Waals surface area contributed by atoms with Crippen molar-refractivity contribution < 1.29 is 28.6 Å². The standard InChI is InChI=1S/C26H26N2O6/c1-32-23-15-9-8-14-21(23)27-24(29)18-33-25(30)22(16-19-10-4-2-5-11-19)28-26(31)34-17-20-12-6-3-7-13-20/h2-15,22H,16-18H2,1H3,(H,27,29)(H,28,31)/t22-/m0/s1. The van der Waals surface area contributed by atoms with Gasteiger partial charge in [-0.25, -0.2) is 9.59 Å². The topological polar surface area (TPSA) is 103 Å². The Bertz CT molecular complexity index is 1090. The third-order valence-corrected chi connectivity index (χ3v) is 4.80. The number of carbonyl (C=O) groups is 3. The van der Waals surface area contributed by atoms with Crippen LogP contribution in [0.4, 0.5) is 10.5 Å². The van der Waals surface area contributed by atoms with E-state index in [2.05, 4.69) is 10.6 Å². The highest BCUT2D eigenvalue weighted by atomic mass is 16.6. The number of benzene rings is 3. The molecule has 3 aromatic rings. The van der Waals surface area contributed by atoms with Crippen LogP contribution in [-0.2, 0) is 32.1 Å². The first kappa shape index (κ1) is 24.3. The highest BCUT2D eigenvalue weighted by Crippen LogP contribution is 2.22. The normalized spacial score (nSPS) is 11.1. The zero-order chi connectivity index (χ0) is 24.2. The molecule has 1 atom stereocenters. The van der Waals surface area contributed by atoms with Crippen LogP contribution < -0.4 is 15.4 Å². The molecule has 0 saturated carbocycles. The number of anilines is 1. The van der Waals surface area contributed by atoms with Crippen LogP contribution in [0.25, 0.3) is 0 Å². The number of ether oxygens (including phenoxy) is 3. The Kier molecular flexibility index (Phi) is 9.04. The van der Waals surface area contributed by atoms with Crippen LogP contribution >= 0.6 is 0 Å². The van der Waals surface area contributed by atoms with Crippen LogP contribution in [0.1, 0.15) is 11.1 Å². The van der Waals surface area contributed by atoms with E-state index in [9.17, 15) is 14.4 Å². The average molecular weight is 463 g/mol. The Morgan fingerprint density at radius 2 is 1.41 bits per heavy atom. The second kappa shape index (κ2) is 12.6. The summed E-state index contributed by atoms with van der Waals surface area (Å²) in [6, 6.07) is 24.2. The van der Waals surface area contributed by atoms with Crippen molar-refractivity contribution >= 4 is 23.7 Å². The number of carbonyl (C=O) groups excluding carboxylic acids is 3. The monoisotopic (exact) mass is 462 g/mol. The molecule has 0 aliphatic heterocycles. The predicted molar refractivity (Wildman–Crippen MR) is 126 cm³/mol. The van der Waals surface area contributed by atoms with Gasteiger partial charge in [0.05, 0.1) is 12.8 Å². The summed E-state index contributed by atoms with van der Waals surface area (Å²) in [6.07, 6.45) is -0.589.